The number of methoxy groups -OCH3 is 1. The molecule has 5 heteroatoms. The van der Waals surface area contributed by atoms with Crippen LogP contribution in [-0.4, -0.2) is 30.3 Å². The van der Waals surface area contributed by atoms with E-state index in [1.54, 1.807) is 13.3 Å². The van der Waals surface area contributed by atoms with Crippen LogP contribution < -0.4 is 14.8 Å². The molecular formula is C16H23N3O2. The Hall–Kier alpha value is -2.01. The van der Waals surface area contributed by atoms with E-state index in [0.717, 1.165) is 29.3 Å². The molecule has 5 nitrogen and oxygen atoms in total. The smallest absolute Gasteiger partial charge is 0.127 e. The molecule has 0 spiro atoms. The van der Waals surface area contributed by atoms with Gasteiger partial charge in [0.1, 0.15) is 17.3 Å². The van der Waals surface area contributed by atoms with Gasteiger partial charge in [0.2, 0.25) is 0 Å². The van der Waals surface area contributed by atoms with Crippen LogP contribution in [0.15, 0.2) is 30.6 Å². The number of imidazole rings is 1. The summed E-state index contributed by atoms with van der Waals surface area (Å²) >= 11 is 0. The molecule has 1 heterocycles. The molecule has 21 heavy (non-hydrogen) atoms. The lowest BCUT2D eigenvalue weighted by molar-refractivity contribution is 0.308. The Morgan fingerprint density at radius 3 is 2.81 bits per heavy atom. The molecule has 0 radical (unpaired) electrons. The van der Waals surface area contributed by atoms with Gasteiger partial charge in [-0.3, -0.25) is 0 Å². The SMILES string of the molecule is CNC(C)c1ccc(OC)cc1OCCc1nccn1C. The van der Waals surface area contributed by atoms with Crippen molar-refractivity contribution < 1.29 is 9.47 Å². The highest BCUT2D eigenvalue weighted by Crippen LogP contribution is 2.29. The summed E-state index contributed by atoms with van der Waals surface area (Å²) in [5.41, 5.74) is 1.12. The van der Waals surface area contributed by atoms with Gasteiger partial charge in [-0.15, -0.1) is 0 Å². The highest BCUT2D eigenvalue weighted by atomic mass is 16.5. The highest BCUT2D eigenvalue weighted by Gasteiger charge is 2.12. The third-order valence-electron chi connectivity index (χ3n) is 3.62. The summed E-state index contributed by atoms with van der Waals surface area (Å²) in [7, 11) is 5.59. The number of nitrogens with one attached hydrogen (secondary N) is 1. The van der Waals surface area contributed by atoms with E-state index in [2.05, 4.69) is 17.2 Å². The van der Waals surface area contributed by atoms with Crippen molar-refractivity contribution in [3.05, 3.63) is 42.0 Å². The molecule has 0 bridgehead atoms. The van der Waals surface area contributed by atoms with Gasteiger partial charge < -0.3 is 19.4 Å². The molecule has 0 aliphatic carbocycles. The van der Waals surface area contributed by atoms with E-state index in [1.807, 2.05) is 43.1 Å². The van der Waals surface area contributed by atoms with Crippen molar-refractivity contribution in [1.29, 1.82) is 0 Å². The maximum atomic E-state index is 5.96. The minimum absolute atomic E-state index is 0.221. The first-order valence-corrected chi connectivity index (χ1v) is 7.10. The monoisotopic (exact) mass is 289 g/mol. The second-order valence-corrected chi connectivity index (χ2v) is 4.97. The maximum Gasteiger partial charge on any atom is 0.127 e. The van der Waals surface area contributed by atoms with Crippen LogP contribution in [0.25, 0.3) is 0 Å². The second-order valence-electron chi connectivity index (χ2n) is 4.97. The average Bonchev–Trinajstić information content (AvgIpc) is 2.91. The molecular weight excluding hydrogens is 266 g/mol. The highest BCUT2D eigenvalue weighted by molar-refractivity contribution is 5.42. The van der Waals surface area contributed by atoms with E-state index < -0.39 is 0 Å². The van der Waals surface area contributed by atoms with Crippen LogP contribution in [0.3, 0.4) is 0 Å². The zero-order chi connectivity index (χ0) is 15.2. The molecule has 2 rings (SSSR count). The molecule has 0 amide bonds. The van der Waals surface area contributed by atoms with Crippen molar-refractivity contribution >= 4 is 0 Å². The van der Waals surface area contributed by atoms with Crippen LogP contribution in [0.1, 0.15) is 24.4 Å². The molecule has 1 atom stereocenters. The minimum Gasteiger partial charge on any atom is -0.497 e. The lowest BCUT2D eigenvalue weighted by atomic mass is 10.1. The van der Waals surface area contributed by atoms with Crippen LogP contribution in [-0.2, 0) is 13.5 Å². The first-order chi connectivity index (χ1) is 10.2. The second kappa shape index (κ2) is 7.13. The van der Waals surface area contributed by atoms with Gasteiger partial charge in [-0.1, -0.05) is 6.07 Å². The first-order valence-electron chi connectivity index (χ1n) is 7.10. The van der Waals surface area contributed by atoms with Gasteiger partial charge >= 0.3 is 0 Å². The summed E-state index contributed by atoms with van der Waals surface area (Å²) in [6, 6.07) is 6.14. The van der Waals surface area contributed by atoms with Crippen LogP contribution in [0.2, 0.25) is 0 Å². The van der Waals surface area contributed by atoms with E-state index in [4.69, 9.17) is 9.47 Å². The summed E-state index contributed by atoms with van der Waals surface area (Å²) in [5.74, 6) is 2.67. The maximum absolute atomic E-state index is 5.96. The number of aryl methyl sites for hydroxylation is 1. The van der Waals surface area contributed by atoms with Crippen LogP contribution in [0, 0.1) is 0 Å². The van der Waals surface area contributed by atoms with Gasteiger partial charge in [0, 0.05) is 43.5 Å². The molecule has 0 saturated carbocycles. The fraction of sp³-hybridized carbons (Fsp3) is 0.438. The Balaban J connectivity index is 2.08. The van der Waals surface area contributed by atoms with Gasteiger partial charge in [-0.05, 0) is 20.0 Å². The van der Waals surface area contributed by atoms with Crippen molar-refractivity contribution in [2.24, 2.45) is 7.05 Å². The summed E-state index contributed by atoms with van der Waals surface area (Å²) in [5, 5.41) is 3.23. The summed E-state index contributed by atoms with van der Waals surface area (Å²) < 4.78 is 13.2. The molecule has 0 aliphatic heterocycles. The van der Waals surface area contributed by atoms with Crippen molar-refractivity contribution in [2.45, 2.75) is 19.4 Å². The Morgan fingerprint density at radius 2 is 2.19 bits per heavy atom. The molecule has 0 aliphatic rings. The van der Waals surface area contributed by atoms with Gasteiger partial charge in [0.15, 0.2) is 0 Å². The van der Waals surface area contributed by atoms with Gasteiger partial charge in [-0.25, -0.2) is 4.98 Å². The Bertz CT molecular complexity index is 581. The molecule has 114 valence electrons. The zero-order valence-electron chi connectivity index (χ0n) is 13.1. The Morgan fingerprint density at radius 1 is 1.38 bits per heavy atom. The summed E-state index contributed by atoms with van der Waals surface area (Å²) in [4.78, 5) is 4.30. The Kier molecular flexibility index (Phi) is 5.22. The quantitative estimate of drug-likeness (QED) is 0.850. The standard InChI is InChI=1S/C16H23N3O2/c1-12(17-2)14-6-5-13(20-4)11-15(14)21-10-7-16-18-8-9-19(16)3/h5-6,8-9,11-12,17H,7,10H2,1-4H3. The summed E-state index contributed by atoms with van der Waals surface area (Å²) in [6.07, 6.45) is 4.51. The zero-order valence-corrected chi connectivity index (χ0v) is 13.1. The number of ether oxygens (including phenoxy) is 2. The lowest BCUT2D eigenvalue weighted by Crippen LogP contribution is -2.15. The number of benzene rings is 1. The van der Waals surface area contributed by atoms with E-state index >= 15 is 0 Å². The van der Waals surface area contributed by atoms with Crippen molar-refractivity contribution in [2.75, 3.05) is 20.8 Å². The number of aromatic nitrogens is 2. The van der Waals surface area contributed by atoms with E-state index in [0.29, 0.717) is 6.61 Å². The van der Waals surface area contributed by atoms with Crippen molar-refractivity contribution in [3.63, 3.8) is 0 Å². The molecule has 1 N–H and O–H groups in total. The van der Waals surface area contributed by atoms with Crippen LogP contribution in [0.5, 0.6) is 11.5 Å². The molecule has 2 aromatic rings. The third kappa shape index (κ3) is 3.76. The fourth-order valence-corrected chi connectivity index (χ4v) is 2.17. The summed E-state index contributed by atoms with van der Waals surface area (Å²) in [6.45, 7) is 2.69. The topological polar surface area (TPSA) is 48.3 Å². The van der Waals surface area contributed by atoms with Crippen LogP contribution in [0.4, 0.5) is 0 Å². The van der Waals surface area contributed by atoms with Gasteiger partial charge in [-0.2, -0.15) is 0 Å². The van der Waals surface area contributed by atoms with Gasteiger partial charge in [0.05, 0.1) is 13.7 Å². The normalized spacial score (nSPS) is 12.2. The van der Waals surface area contributed by atoms with E-state index in [-0.39, 0.29) is 6.04 Å². The molecule has 0 saturated heterocycles. The average molecular weight is 289 g/mol. The largest absolute Gasteiger partial charge is 0.497 e. The first kappa shape index (κ1) is 15.4. The van der Waals surface area contributed by atoms with Crippen molar-refractivity contribution in [1.82, 2.24) is 14.9 Å². The molecule has 1 aromatic carbocycles. The fourth-order valence-electron chi connectivity index (χ4n) is 2.17. The molecule has 1 aromatic heterocycles. The third-order valence-corrected chi connectivity index (χ3v) is 3.62. The van der Waals surface area contributed by atoms with E-state index in [1.165, 1.54) is 0 Å². The lowest BCUT2D eigenvalue weighted by Gasteiger charge is -2.17. The van der Waals surface area contributed by atoms with E-state index in [9.17, 15) is 0 Å². The number of hydrogen-bond acceptors (Lipinski definition) is 4. The predicted octanol–water partition coefficient (Wildman–Crippen LogP) is 2.33. The number of nitrogens with zero attached hydrogens (tertiary/aromatic N) is 2. The van der Waals surface area contributed by atoms with Gasteiger partial charge in [0.25, 0.3) is 0 Å². The number of rotatable bonds is 7. The minimum atomic E-state index is 0.221. The predicted molar refractivity (Wildman–Crippen MR) is 82.9 cm³/mol. The Labute approximate surface area is 125 Å². The molecule has 1 unspecified atom stereocenters. The van der Waals surface area contributed by atoms with Crippen LogP contribution >= 0.6 is 0 Å². The number of hydrogen-bond donors (Lipinski definition) is 1. The molecule has 0 fully saturated rings. The van der Waals surface area contributed by atoms with Crippen molar-refractivity contribution in [3.8, 4) is 11.5 Å².